The number of hydrogen-bond acceptors (Lipinski definition) is 2. The molecular weight excluding hydrogens is 360 g/mol. The molecule has 2 aromatic rings. The van der Waals surface area contributed by atoms with E-state index in [0.29, 0.717) is 11.1 Å². The summed E-state index contributed by atoms with van der Waals surface area (Å²) in [6, 6.07) is 18.1. The van der Waals surface area contributed by atoms with Crippen molar-refractivity contribution < 1.29 is 9.59 Å². The third kappa shape index (κ3) is 6.74. The second kappa shape index (κ2) is 10.8. The van der Waals surface area contributed by atoms with Crippen LogP contribution in [0.15, 0.2) is 60.7 Å². The van der Waals surface area contributed by atoms with Crippen LogP contribution in [0.2, 0.25) is 0 Å². The third-order valence-corrected chi connectivity index (χ3v) is 5.14. The topological polar surface area (TPSA) is 49.4 Å². The van der Waals surface area contributed by atoms with E-state index in [9.17, 15) is 9.59 Å². The smallest absolute Gasteiger partial charge is 0.267 e. The predicted molar refractivity (Wildman–Crippen MR) is 119 cm³/mol. The maximum absolute atomic E-state index is 13.4. The molecule has 156 valence electrons. The zero-order chi connectivity index (χ0) is 21.3. The number of carbonyl (C=O) groups excluding carboxylic acids is 2. The molecule has 0 unspecified atom stereocenters. The van der Waals surface area contributed by atoms with Gasteiger partial charge in [0.2, 0.25) is 0 Å². The molecule has 0 aliphatic rings. The number of carbonyl (C=O) groups is 2. The van der Waals surface area contributed by atoms with Crippen LogP contribution < -0.4 is 5.43 Å². The van der Waals surface area contributed by atoms with Gasteiger partial charge in [-0.25, -0.2) is 5.01 Å². The van der Waals surface area contributed by atoms with Gasteiger partial charge in [0.05, 0.1) is 6.04 Å². The van der Waals surface area contributed by atoms with Crippen molar-refractivity contribution in [2.75, 3.05) is 0 Å². The van der Waals surface area contributed by atoms with Gasteiger partial charge in [0.25, 0.3) is 11.8 Å². The van der Waals surface area contributed by atoms with E-state index in [1.807, 2.05) is 36.4 Å². The van der Waals surface area contributed by atoms with E-state index in [0.717, 1.165) is 25.7 Å². The van der Waals surface area contributed by atoms with Gasteiger partial charge in [-0.15, -0.1) is 0 Å². The molecule has 0 aliphatic carbocycles. The fourth-order valence-electron chi connectivity index (χ4n) is 3.47. The molecule has 4 nitrogen and oxygen atoms in total. The molecule has 2 amide bonds. The lowest BCUT2D eigenvalue weighted by molar-refractivity contribution is 0.0266. The lowest BCUT2D eigenvalue weighted by atomic mass is 9.82. The van der Waals surface area contributed by atoms with Crippen molar-refractivity contribution in [3.05, 3.63) is 71.8 Å². The SMILES string of the molecule is CCCCCC[C@H](N(NC(=O)c1ccccc1)C(=O)c1ccccc1)C(C)(C)C. The number of hydrogen-bond donors (Lipinski definition) is 1. The van der Waals surface area contributed by atoms with Crippen LogP contribution in [0.5, 0.6) is 0 Å². The van der Waals surface area contributed by atoms with Gasteiger partial charge in [-0.1, -0.05) is 89.8 Å². The molecular formula is C25H34N2O2. The van der Waals surface area contributed by atoms with Crippen molar-refractivity contribution in [3.8, 4) is 0 Å². The van der Waals surface area contributed by atoms with Crippen LogP contribution in [0.4, 0.5) is 0 Å². The summed E-state index contributed by atoms with van der Waals surface area (Å²) < 4.78 is 0. The molecule has 1 atom stereocenters. The molecule has 0 aliphatic heterocycles. The maximum atomic E-state index is 13.4. The highest BCUT2D eigenvalue weighted by Gasteiger charge is 2.35. The van der Waals surface area contributed by atoms with Gasteiger partial charge in [-0.05, 0) is 36.1 Å². The summed E-state index contributed by atoms with van der Waals surface area (Å²) >= 11 is 0. The fraction of sp³-hybridized carbons (Fsp3) is 0.440. The average Bonchev–Trinajstić information content (AvgIpc) is 2.72. The van der Waals surface area contributed by atoms with Crippen molar-refractivity contribution in [2.45, 2.75) is 65.8 Å². The van der Waals surface area contributed by atoms with Crippen LogP contribution in [-0.4, -0.2) is 22.9 Å². The molecule has 2 aromatic carbocycles. The molecule has 0 fully saturated rings. The summed E-state index contributed by atoms with van der Waals surface area (Å²) in [5.41, 5.74) is 3.86. The van der Waals surface area contributed by atoms with E-state index < -0.39 is 0 Å². The van der Waals surface area contributed by atoms with Gasteiger partial charge in [0, 0.05) is 11.1 Å². The second-order valence-corrected chi connectivity index (χ2v) is 8.58. The standard InChI is InChI=1S/C25H34N2O2/c1-5-6-7-14-19-22(25(2,3)4)27(24(29)21-17-12-9-13-18-21)26-23(28)20-15-10-8-11-16-20/h8-13,15-18,22H,5-7,14,19H2,1-4H3,(H,26,28)/t22-/m0/s1. The number of rotatable bonds is 8. The first kappa shape index (κ1) is 22.7. The minimum absolute atomic E-state index is 0.111. The van der Waals surface area contributed by atoms with Crippen molar-refractivity contribution in [1.29, 1.82) is 0 Å². The highest BCUT2D eigenvalue weighted by Crippen LogP contribution is 2.29. The molecule has 1 N–H and O–H groups in total. The maximum Gasteiger partial charge on any atom is 0.272 e. The molecule has 2 rings (SSSR count). The number of nitrogens with zero attached hydrogens (tertiary/aromatic N) is 1. The Hall–Kier alpha value is -2.62. The van der Waals surface area contributed by atoms with Crippen LogP contribution in [0.1, 0.15) is 80.5 Å². The highest BCUT2D eigenvalue weighted by molar-refractivity contribution is 5.99. The number of nitrogens with one attached hydrogen (secondary N) is 1. The fourth-order valence-corrected chi connectivity index (χ4v) is 3.47. The zero-order valence-corrected chi connectivity index (χ0v) is 18.2. The van der Waals surface area contributed by atoms with Crippen LogP contribution in [0.3, 0.4) is 0 Å². The summed E-state index contributed by atoms with van der Waals surface area (Å²) in [6.45, 7) is 8.55. The van der Waals surface area contributed by atoms with Gasteiger partial charge < -0.3 is 0 Å². The van der Waals surface area contributed by atoms with Crippen molar-refractivity contribution in [3.63, 3.8) is 0 Å². The van der Waals surface area contributed by atoms with Crippen LogP contribution in [0.25, 0.3) is 0 Å². The Bertz CT molecular complexity index is 766. The Morgan fingerprint density at radius 2 is 1.41 bits per heavy atom. The highest BCUT2D eigenvalue weighted by atomic mass is 16.2. The number of hydrazine groups is 1. The summed E-state index contributed by atoms with van der Waals surface area (Å²) in [5, 5.41) is 1.57. The van der Waals surface area contributed by atoms with E-state index in [1.54, 1.807) is 29.3 Å². The van der Waals surface area contributed by atoms with Crippen LogP contribution in [0, 0.1) is 5.41 Å². The van der Waals surface area contributed by atoms with Crippen LogP contribution >= 0.6 is 0 Å². The van der Waals surface area contributed by atoms with Crippen molar-refractivity contribution in [1.82, 2.24) is 10.4 Å². The monoisotopic (exact) mass is 394 g/mol. The minimum atomic E-state index is -0.266. The molecule has 0 saturated carbocycles. The number of amides is 2. The third-order valence-electron chi connectivity index (χ3n) is 5.14. The van der Waals surface area contributed by atoms with Gasteiger partial charge in [-0.3, -0.25) is 15.0 Å². The van der Waals surface area contributed by atoms with Crippen LogP contribution in [-0.2, 0) is 0 Å². The van der Waals surface area contributed by atoms with E-state index in [2.05, 4.69) is 33.1 Å². The average molecular weight is 395 g/mol. The summed E-state index contributed by atoms with van der Waals surface area (Å²) in [4.78, 5) is 26.3. The zero-order valence-electron chi connectivity index (χ0n) is 18.2. The Morgan fingerprint density at radius 3 is 1.93 bits per heavy atom. The Morgan fingerprint density at radius 1 is 0.862 bits per heavy atom. The van der Waals surface area contributed by atoms with Gasteiger partial charge in [0.1, 0.15) is 0 Å². The number of benzene rings is 2. The molecule has 0 spiro atoms. The van der Waals surface area contributed by atoms with Crippen molar-refractivity contribution in [2.24, 2.45) is 5.41 Å². The Labute approximate surface area is 175 Å². The first-order valence-corrected chi connectivity index (χ1v) is 10.6. The Kier molecular flexibility index (Phi) is 8.44. The first-order chi connectivity index (χ1) is 13.8. The summed E-state index contributed by atoms with van der Waals surface area (Å²) in [6.07, 6.45) is 5.34. The lowest BCUT2D eigenvalue weighted by Gasteiger charge is -2.40. The largest absolute Gasteiger partial charge is 0.272 e. The van der Waals surface area contributed by atoms with Gasteiger partial charge in [-0.2, -0.15) is 0 Å². The Balaban J connectivity index is 2.32. The first-order valence-electron chi connectivity index (χ1n) is 10.6. The van der Waals surface area contributed by atoms with Crippen molar-refractivity contribution >= 4 is 11.8 Å². The summed E-state index contributed by atoms with van der Waals surface area (Å²) in [5.74, 6) is -0.442. The van der Waals surface area contributed by atoms with E-state index in [4.69, 9.17) is 0 Å². The molecule has 4 heteroatoms. The lowest BCUT2D eigenvalue weighted by Crippen LogP contribution is -2.56. The molecule has 0 aromatic heterocycles. The molecule has 29 heavy (non-hydrogen) atoms. The second-order valence-electron chi connectivity index (χ2n) is 8.58. The quantitative estimate of drug-likeness (QED) is 0.450. The summed E-state index contributed by atoms with van der Waals surface area (Å²) in [7, 11) is 0. The predicted octanol–water partition coefficient (Wildman–Crippen LogP) is 5.86. The molecule has 0 bridgehead atoms. The molecule has 0 radical (unpaired) electrons. The number of unbranched alkanes of at least 4 members (excludes halogenated alkanes) is 3. The molecule has 0 heterocycles. The van der Waals surface area contributed by atoms with Gasteiger partial charge >= 0.3 is 0 Å². The minimum Gasteiger partial charge on any atom is -0.267 e. The van der Waals surface area contributed by atoms with E-state index in [-0.39, 0.29) is 23.3 Å². The molecule has 0 saturated heterocycles. The van der Waals surface area contributed by atoms with E-state index in [1.165, 1.54) is 6.42 Å². The van der Waals surface area contributed by atoms with E-state index >= 15 is 0 Å². The van der Waals surface area contributed by atoms with Gasteiger partial charge in [0.15, 0.2) is 0 Å². The normalized spacial score (nSPS) is 12.3.